The molecule has 2 rings (SSSR count). The Kier molecular flexibility index (Phi) is 1.73. The molecule has 0 fully saturated rings. The summed E-state index contributed by atoms with van der Waals surface area (Å²) in [5.74, 6) is -1.07. The van der Waals surface area contributed by atoms with Gasteiger partial charge < -0.3 is 9.84 Å². The maximum absolute atomic E-state index is 10.6. The van der Waals surface area contributed by atoms with Crippen LogP contribution in [0.25, 0.3) is 6.08 Å². The lowest BCUT2D eigenvalue weighted by Gasteiger charge is -2.13. The number of pyridine rings is 1. The molecule has 0 amide bonds. The van der Waals surface area contributed by atoms with Crippen molar-refractivity contribution in [1.29, 1.82) is 0 Å². The van der Waals surface area contributed by atoms with Crippen LogP contribution in [0.2, 0.25) is 0 Å². The number of carboxylic acid groups (broad SMARTS) is 1. The van der Waals surface area contributed by atoms with Crippen molar-refractivity contribution in [2.45, 2.75) is 6.61 Å². The molecule has 1 aliphatic rings. The molecule has 1 N–H and O–H groups in total. The zero-order valence-electron chi connectivity index (χ0n) is 6.73. The predicted molar refractivity (Wildman–Crippen MR) is 44.6 cm³/mol. The Labute approximate surface area is 74.5 Å². The Bertz CT molecular complexity index is 384. The van der Waals surface area contributed by atoms with Crippen LogP contribution in [0.15, 0.2) is 24.1 Å². The van der Waals surface area contributed by atoms with E-state index in [0.717, 1.165) is 11.3 Å². The minimum Gasteiger partial charge on any atom is -0.480 e. The number of carbonyl (C=O) groups is 1. The van der Waals surface area contributed by atoms with Crippen molar-refractivity contribution in [3.63, 3.8) is 0 Å². The number of aromatic nitrogens is 1. The highest BCUT2D eigenvalue weighted by molar-refractivity contribution is 5.90. The first-order chi connectivity index (χ1) is 6.27. The summed E-state index contributed by atoms with van der Waals surface area (Å²) in [7, 11) is 0. The molecule has 66 valence electrons. The highest BCUT2D eigenvalue weighted by Gasteiger charge is 2.16. The largest absolute Gasteiger partial charge is 0.480 e. The minimum atomic E-state index is -1.05. The molecule has 0 radical (unpaired) electrons. The van der Waals surface area contributed by atoms with Crippen molar-refractivity contribution >= 4 is 12.0 Å². The standard InChI is InChI=1S/C9H7NO3/c11-9(12)8-4-6-2-1-3-10-7(6)5-13-8/h1-4H,5H2,(H,11,12). The van der Waals surface area contributed by atoms with Gasteiger partial charge in [-0.15, -0.1) is 0 Å². The molecule has 0 aliphatic carbocycles. The molecule has 4 heteroatoms. The molecule has 0 saturated carbocycles. The molecular weight excluding hydrogens is 170 g/mol. The van der Waals surface area contributed by atoms with Gasteiger partial charge in [0.1, 0.15) is 6.61 Å². The van der Waals surface area contributed by atoms with E-state index < -0.39 is 5.97 Å². The monoisotopic (exact) mass is 177 g/mol. The molecule has 1 aliphatic heterocycles. The smallest absolute Gasteiger partial charge is 0.371 e. The lowest BCUT2D eigenvalue weighted by atomic mass is 10.1. The maximum atomic E-state index is 10.6. The minimum absolute atomic E-state index is 0.0273. The Morgan fingerprint density at radius 3 is 3.23 bits per heavy atom. The van der Waals surface area contributed by atoms with Crippen molar-refractivity contribution in [3.05, 3.63) is 35.3 Å². The molecule has 13 heavy (non-hydrogen) atoms. The summed E-state index contributed by atoms with van der Waals surface area (Å²) in [5, 5.41) is 8.65. The van der Waals surface area contributed by atoms with Crippen molar-refractivity contribution < 1.29 is 14.6 Å². The maximum Gasteiger partial charge on any atom is 0.371 e. The van der Waals surface area contributed by atoms with Crippen LogP contribution in [-0.4, -0.2) is 16.1 Å². The summed E-state index contributed by atoms with van der Waals surface area (Å²) in [6.07, 6.45) is 3.13. The van der Waals surface area contributed by atoms with E-state index in [1.165, 1.54) is 6.08 Å². The van der Waals surface area contributed by atoms with Crippen molar-refractivity contribution in [2.75, 3.05) is 0 Å². The third-order valence-corrected chi connectivity index (χ3v) is 1.79. The zero-order valence-corrected chi connectivity index (χ0v) is 6.73. The van der Waals surface area contributed by atoms with E-state index >= 15 is 0 Å². The normalized spacial score (nSPS) is 14.0. The van der Waals surface area contributed by atoms with Crippen LogP contribution in [0.4, 0.5) is 0 Å². The van der Waals surface area contributed by atoms with Gasteiger partial charge in [-0.3, -0.25) is 4.98 Å². The van der Waals surface area contributed by atoms with Crippen LogP contribution in [-0.2, 0) is 16.1 Å². The van der Waals surface area contributed by atoms with Crippen molar-refractivity contribution in [2.24, 2.45) is 0 Å². The quantitative estimate of drug-likeness (QED) is 0.696. The summed E-state index contributed by atoms with van der Waals surface area (Å²) >= 11 is 0. The lowest BCUT2D eigenvalue weighted by molar-refractivity contribution is -0.136. The summed E-state index contributed by atoms with van der Waals surface area (Å²) in [6.45, 7) is 0.230. The summed E-state index contributed by atoms with van der Waals surface area (Å²) < 4.78 is 4.96. The number of hydrogen-bond donors (Lipinski definition) is 1. The fourth-order valence-electron chi connectivity index (χ4n) is 1.15. The molecule has 0 unspecified atom stereocenters. The van der Waals surface area contributed by atoms with Gasteiger partial charge in [-0.2, -0.15) is 0 Å². The van der Waals surface area contributed by atoms with Gasteiger partial charge in [-0.25, -0.2) is 4.79 Å². The molecule has 0 spiro atoms. The van der Waals surface area contributed by atoms with Crippen LogP contribution in [0, 0.1) is 0 Å². The van der Waals surface area contributed by atoms with Gasteiger partial charge in [0, 0.05) is 11.8 Å². The van der Waals surface area contributed by atoms with E-state index in [-0.39, 0.29) is 12.4 Å². The zero-order chi connectivity index (χ0) is 9.26. The third-order valence-electron chi connectivity index (χ3n) is 1.79. The number of hydrogen-bond acceptors (Lipinski definition) is 3. The van der Waals surface area contributed by atoms with E-state index in [0.29, 0.717) is 0 Å². The van der Waals surface area contributed by atoms with E-state index in [9.17, 15) is 4.79 Å². The molecular formula is C9H7NO3. The fraction of sp³-hybridized carbons (Fsp3) is 0.111. The SMILES string of the molecule is O=C(O)C1=Cc2cccnc2CO1. The average Bonchev–Trinajstić information content (AvgIpc) is 2.17. The molecule has 4 nitrogen and oxygen atoms in total. The van der Waals surface area contributed by atoms with E-state index in [1.54, 1.807) is 12.3 Å². The Balaban J connectivity index is 2.44. The number of rotatable bonds is 1. The van der Waals surface area contributed by atoms with Gasteiger partial charge in [-0.05, 0) is 12.1 Å². The van der Waals surface area contributed by atoms with Crippen LogP contribution in [0.1, 0.15) is 11.3 Å². The van der Waals surface area contributed by atoms with E-state index in [4.69, 9.17) is 9.84 Å². The summed E-state index contributed by atoms with van der Waals surface area (Å²) in [6, 6.07) is 3.58. The lowest BCUT2D eigenvalue weighted by Crippen LogP contribution is -2.10. The first-order valence-electron chi connectivity index (χ1n) is 3.79. The van der Waals surface area contributed by atoms with Crippen LogP contribution >= 0.6 is 0 Å². The van der Waals surface area contributed by atoms with Gasteiger partial charge in [0.2, 0.25) is 5.76 Å². The second kappa shape index (κ2) is 2.90. The van der Waals surface area contributed by atoms with Crippen LogP contribution in [0.3, 0.4) is 0 Å². The second-order valence-electron chi connectivity index (χ2n) is 2.64. The second-order valence-corrected chi connectivity index (χ2v) is 2.64. The van der Waals surface area contributed by atoms with Gasteiger partial charge >= 0.3 is 5.97 Å². The summed E-state index contributed by atoms with van der Waals surface area (Å²) in [5.41, 5.74) is 1.58. The number of nitrogens with zero attached hydrogens (tertiary/aromatic N) is 1. The Morgan fingerprint density at radius 1 is 1.62 bits per heavy atom. The number of carboxylic acids is 1. The predicted octanol–water partition coefficient (Wildman–Crippen LogP) is 1.04. The topological polar surface area (TPSA) is 59.4 Å². The number of fused-ring (bicyclic) bond motifs is 1. The first kappa shape index (κ1) is 7.79. The van der Waals surface area contributed by atoms with Gasteiger partial charge in [-0.1, -0.05) is 6.07 Å². The highest BCUT2D eigenvalue weighted by Crippen LogP contribution is 2.19. The van der Waals surface area contributed by atoms with Crippen LogP contribution < -0.4 is 0 Å². The Morgan fingerprint density at radius 2 is 2.46 bits per heavy atom. The number of ether oxygens (including phenoxy) is 1. The van der Waals surface area contributed by atoms with Crippen molar-refractivity contribution in [1.82, 2.24) is 4.98 Å². The summed E-state index contributed by atoms with van der Waals surface area (Å²) in [4.78, 5) is 14.6. The van der Waals surface area contributed by atoms with Gasteiger partial charge in [0.25, 0.3) is 0 Å². The number of aliphatic carboxylic acids is 1. The molecule has 1 aromatic rings. The molecule has 2 heterocycles. The average molecular weight is 177 g/mol. The van der Waals surface area contributed by atoms with Gasteiger partial charge in [0.05, 0.1) is 5.69 Å². The highest BCUT2D eigenvalue weighted by atomic mass is 16.5. The first-order valence-corrected chi connectivity index (χ1v) is 3.79. The molecule has 0 atom stereocenters. The van der Waals surface area contributed by atoms with E-state index in [2.05, 4.69) is 4.98 Å². The molecule has 0 bridgehead atoms. The van der Waals surface area contributed by atoms with E-state index in [1.807, 2.05) is 6.07 Å². The third kappa shape index (κ3) is 1.38. The van der Waals surface area contributed by atoms with Crippen LogP contribution in [0.5, 0.6) is 0 Å². The molecule has 0 saturated heterocycles. The molecule has 0 aromatic carbocycles. The Hall–Kier alpha value is -1.84. The van der Waals surface area contributed by atoms with Gasteiger partial charge in [0.15, 0.2) is 0 Å². The molecule has 1 aromatic heterocycles. The fourth-order valence-corrected chi connectivity index (χ4v) is 1.15. The van der Waals surface area contributed by atoms with Crippen molar-refractivity contribution in [3.8, 4) is 0 Å².